The van der Waals surface area contributed by atoms with E-state index >= 15 is 0 Å². The van der Waals surface area contributed by atoms with Crippen molar-refractivity contribution in [3.8, 4) is 0 Å². The molecule has 0 saturated carbocycles. The molecule has 0 aliphatic carbocycles. The molecule has 8 heteroatoms. The molecule has 1 aromatic carbocycles. The number of hydrogen-bond donors (Lipinski definition) is 1. The first-order valence-corrected chi connectivity index (χ1v) is 11.9. The molecule has 1 atom stereocenters. The maximum absolute atomic E-state index is 12.5. The SMILES string of the molecule is Cc1nc(SCc2cccc(C(=O)NCC3CCCO3)c2)nc(N2CCOCC2)c1C. The lowest BCUT2D eigenvalue weighted by molar-refractivity contribution is 0.0857. The van der Waals surface area contributed by atoms with E-state index in [1.54, 1.807) is 11.8 Å². The first-order chi connectivity index (χ1) is 15.1. The zero-order chi connectivity index (χ0) is 21.6. The predicted octanol–water partition coefficient (Wildman–Crippen LogP) is 3.13. The van der Waals surface area contributed by atoms with Gasteiger partial charge in [-0.3, -0.25) is 4.79 Å². The smallest absolute Gasteiger partial charge is 0.251 e. The number of rotatable bonds is 7. The van der Waals surface area contributed by atoms with E-state index in [0.29, 0.717) is 17.9 Å². The Balaban J connectivity index is 1.39. The highest BCUT2D eigenvalue weighted by atomic mass is 32.2. The molecular weight excluding hydrogens is 412 g/mol. The fourth-order valence-corrected chi connectivity index (χ4v) is 4.63. The van der Waals surface area contributed by atoms with Gasteiger partial charge in [0.2, 0.25) is 0 Å². The van der Waals surface area contributed by atoms with Gasteiger partial charge in [0.15, 0.2) is 5.16 Å². The lowest BCUT2D eigenvalue weighted by Crippen LogP contribution is -2.37. The number of hydrogen-bond acceptors (Lipinski definition) is 7. The van der Waals surface area contributed by atoms with E-state index in [1.165, 1.54) is 0 Å². The van der Waals surface area contributed by atoms with E-state index in [2.05, 4.69) is 22.1 Å². The molecule has 2 aromatic rings. The highest BCUT2D eigenvalue weighted by Gasteiger charge is 2.19. The van der Waals surface area contributed by atoms with E-state index in [-0.39, 0.29) is 12.0 Å². The van der Waals surface area contributed by atoms with Crippen molar-refractivity contribution in [1.29, 1.82) is 0 Å². The van der Waals surface area contributed by atoms with Crippen LogP contribution in [0.5, 0.6) is 0 Å². The third-order valence-corrected chi connectivity index (χ3v) is 6.64. The minimum atomic E-state index is -0.0561. The fraction of sp³-hybridized carbons (Fsp3) is 0.522. The quantitative estimate of drug-likeness (QED) is 0.521. The van der Waals surface area contributed by atoms with Gasteiger partial charge in [-0.1, -0.05) is 23.9 Å². The average Bonchev–Trinajstić information content (AvgIpc) is 3.32. The number of carbonyl (C=O) groups excluding carboxylic acids is 1. The van der Waals surface area contributed by atoms with Gasteiger partial charge in [0, 0.05) is 48.8 Å². The number of anilines is 1. The highest BCUT2D eigenvalue weighted by Crippen LogP contribution is 2.26. The van der Waals surface area contributed by atoms with Crippen LogP contribution < -0.4 is 10.2 Å². The average molecular weight is 443 g/mol. The molecule has 0 bridgehead atoms. The Labute approximate surface area is 187 Å². The Morgan fingerprint density at radius 2 is 2.06 bits per heavy atom. The number of nitrogens with zero attached hydrogens (tertiary/aromatic N) is 3. The minimum Gasteiger partial charge on any atom is -0.378 e. The van der Waals surface area contributed by atoms with Gasteiger partial charge in [-0.15, -0.1) is 0 Å². The molecule has 0 radical (unpaired) electrons. The molecule has 2 aliphatic heterocycles. The number of aromatic nitrogens is 2. The van der Waals surface area contributed by atoms with Gasteiger partial charge in [0.25, 0.3) is 5.91 Å². The molecule has 166 valence electrons. The normalized spacial score (nSPS) is 18.9. The largest absolute Gasteiger partial charge is 0.378 e. The topological polar surface area (TPSA) is 76.6 Å². The maximum atomic E-state index is 12.5. The van der Waals surface area contributed by atoms with Gasteiger partial charge in [-0.05, 0) is 44.4 Å². The summed E-state index contributed by atoms with van der Waals surface area (Å²) in [5.41, 5.74) is 3.87. The van der Waals surface area contributed by atoms with Gasteiger partial charge in [0.1, 0.15) is 5.82 Å². The Morgan fingerprint density at radius 1 is 1.23 bits per heavy atom. The lowest BCUT2D eigenvalue weighted by atomic mass is 10.1. The van der Waals surface area contributed by atoms with Crippen LogP contribution in [-0.2, 0) is 15.2 Å². The van der Waals surface area contributed by atoms with Crippen molar-refractivity contribution >= 4 is 23.5 Å². The number of morpholine rings is 1. The van der Waals surface area contributed by atoms with Crippen LogP contribution in [0.1, 0.15) is 40.0 Å². The van der Waals surface area contributed by atoms with E-state index in [0.717, 1.165) is 73.5 Å². The predicted molar refractivity (Wildman–Crippen MR) is 122 cm³/mol. The van der Waals surface area contributed by atoms with Crippen LogP contribution in [0.2, 0.25) is 0 Å². The summed E-state index contributed by atoms with van der Waals surface area (Å²) in [6, 6.07) is 7.76. The van der Waals surface area contributed by atoms with Crippen molar-refractivity contribution in [2.75, 3.05) is 44.4 Å². The van der Waals surface area contributed by atoms with E-state index in [4.69, 9.17) is 14.5 Å². The zero-order valence-electron chi connectivity index (χ0n) is 18.2. The third kappa shape index (κ3) is 5.75. The number of carbonyl (C=O) groups is 1. The summed E-state index contributed by atoms with van der Waals surface area (Å²) in [7, 11) is 0. The Bertz CT molecular complexity index is 912. The van der Waals surface area contributed by atoms with E-state index in [1.807, 2.05) is 31.2 Å². The molecule has 2 fully saturated rings. The summed E-state index contributed by atoms with van der Waals surface area (Å²) < 4.78 is 11.1. The summed E-state index contributed by atoms with van der Waals surface area (Å²) in [6.07, 6.45) is 2.23. The number of ether oxygens (including phenoxy) is 2. The molecule has 2 aliphatic rings. The molecule has 31 heavy (non-hydrogen) atoms. The van der Waals surface area contributed by atoms with E-state index in [9.17, 15) is 4.79 Å². The number of benzene rings is 1. The summed E-state index contributed by atoms with van der Waals surface area (Å²) in [5, 5.41) is 3.75. The van der Waals surface area contributed by atoms with Crippen LogP contribution in [-0.4, -0.2) is 61.4 Å². The lowest BCUT2D eigenvalue weighted by Gasteiger charge is -2.29. The monoisotopic (exact) mass is 442 g/mol. The van der Waals surface area contributed by atoms with Crippen molar-refractivity contribution in [3.05, 3.63) is 46.6 Å². The fourth-order valence-electron chi connectivity index (χ4n) is 3.80. The van der Waals surface area contributed by atoms with Gasteiger partial charge < -0.3 is 19.7 Å². The van der Waals surface area contributed by atoms with Gasteiger partial charge in [-0.2, -0.15) is 0 Å². The summed E-state index contributed by atoms with van der Waals surface area (Å²) in [5.74, 6) is 1.65. The molecule has 1 amide bonds. The van der Waals surface area contributed by atoms with Crippen LogP contribution in [0.15, 0.2) is 29.4 Å². The van der Waals surface area contributed by atoms with Crippen LogP contribution in [0, 0.1) is 13.8 Å². The van der Waals surface area contributed by atoms with Crippen LogP contribution in [0.4, 0.5) is 5.82 Å². The Kier molecular flexibility index (Phi) is 7.42. The third-order valence-electron chi connectivity index (χ3n) is 5.73. The van der Waals surface area contributed by atoms with Crippen LogP contribution in [0.3, 0.4) is 0 Å². The molecule has 4 rings (SSSR count). The molecule has 7 nitrogen and oxygen atoms in total. The first-order valence-electron chi connectivity index (χ1n) is 10.9. The second-order valence-electron chi connectivity index (χ2n) is 7.97. The van der Waals surface area contributed by atoms with Gasteiger partial charge >= 0.3 is 0 Å². The minimum absolute atomic E-state index is 0.0561. The molecule has 3 heterocycles. The van der Waals surface area contributed by atoms with Crippen molar-refractivity contribution in [2.45, 2.75) is 43.7 Å². The standard InChI is InChI=1S/C23H30N4O3S/c1-16-17(2)25-23(26-21(16)27-8-11-29-12-9-27)31-15-18-5-3-6-19(13-18)22(28)24-14-20-7-4-10-30-20/h3,5-6,13,20H,4,7-12,14-15H2,1-2H3,(H,24,28). The summed E-state index contributed by atoms with van der Waals surface area (Å²) >= 11 is 1.60. The molecule has 0 spiro atoms. The van der Waals surface area contributed by atoms with Gasteiger partial charge in [-0.25, -0.2) is 9.97 Å². The van der Waals surface area contributed by atoms with Crippen molar-refractivity contribution in [2.24, 2.45) is 0 Å². The Morgan fingerprint density at radius 3 is 2.84 bits per heavy atom. The number of amides is 1. The van der Waals surface area contributed by atoms with Crippen LogP contribution >= 0.6 is 11.8 Å². The second-order valence-corrected chi connectivity index (χ2v) is 8.92. The van der Waals surface area contributed by atoms with Crippen LogP contribution in [0.25, 0.3) is 0 Å². The van der Waals surface area contributed by atoms with E-state index < -0.39 is 0 Å². The maximum Gasteiger partial charge on any atom is 0.251 e. The van der Waals surface area contributed by atoms with Crippen molar-refractivity contribution in [1.82, 2.24) is 15.3 Å². The summed E-state index contributed by atoms with van der Waals surface area (Å²) in [4.78, 5) is 24.3. The zero-order valence-corrected chi connectivity index (χ0v) is 19.0. The Hall–Kier alpha value is -2.16. The molecule has 1 unspecified atom stereocenters. The molecule has 1 aromatic heterocycles. The molecule has 1 N–H and O–H groups in total. The second kappa shape index (κ2) is 10.4. The number of aryl methyl sites for hydroxylation is 1. The highest BCUT2D eigenvalue weighted by molar-refractivity contribution is 7.98. The molecule has 2 saturated heterocycles. The molecular formula is C23H30N4O3S. The summed E-state index contributed by atoms with van der Waals surface area (Å²) in [6.45, 7) is 8.63. The number of nitrogens with one attached hydrogen (secondary N) is 1. The van der Waals surface area contributed by atoms with Gasteiger partial charge in [0.05, 0.1) is 19.3 Å². The first kappa shape index (κ1) is 22.0. The number of thioether (sulfide) groups is 1. The van der Waals surface area contributed by atoms with Crippen molar-refractivity contribution in [3.63, 3.8) is 0 Å². The van der Waals surface area contributed by atoms with Crippen molar-refractivity contribution < 1.29 is 14.3 Å².